The van der Waals surface area contributed by atoms with Crippen LogP contribution in [-0.2, 0) is 14.4 Å². The minimum absolute atomic E-state index is 0.00572. The van der Waals surface area contributed by atoms with E-state index in [4.69, 9.17) is 0 Å². The van der Waals surface area contributed by atoms with E-state index in [0.717, 1.165) is 19.3 Å². The molecular formula is C18H24O4. The van der Waals surface area contributed by atoms with Gasteiger partial charge in [-0.2, -0.15) is 0 Å². The summed E-state index contributed by atoms with van der Waals surface area (Å²) in [6.07, 6.45) is 4.25. The summed E-state index contributed by atoms with van der Waals surface area (Å²) in [5.41, 5.74) is 0.396. The van der Waals surface area contributed by atoms with Gasteiger partial charge in [0.05, 0.1) is 0 Å². The van der Waals surface area contributed by atoms with Gasteiger partial charge in [0.25, 0.3) is 0 Å². The van der Waals surface area contributed by atoms with Gasteiger partial charge < -0.3 is 5.11 Å². The van der Waals surface area contributed by atoms with Crippen LogP contribution >= 0.6 is 0 Å². The molecule has 22 heavy (non-hydrogen) atoms. The highest BCUT2D eigenvalue weighted by Crippen LogP contribution is 2.65. The van der Waals surface area contributed by atoms with Crippen molar-refractivity contribution in [2.45, 2.75) is 59.3 Å². The van der Waals surface area contributed by atoms with Crippen LogP contribution in [-0.4, -0.2) is 22.6 Å². The Morgan fingerprint density at radius 1 is 1.18 bits per heavy atom. The van der Waals surface area contributed by atoms with E-state index in [1.54, 1.807) is 6.92 Å². The molecule has 0 radical (unpaired) electrons. The Balaban J connectivity index is 2.07. The number of allylic oxidation sites excluding steroid dienone is 1. The van der Waals surface area contributed by atoms with E-state index in [9.17, 15) is 19.5 Å². The predicted molar refractivity (Wildman–Crippen MR) is 81.2 cm³/mol. The largest absolute Gasteiger partial charge is 0.478 e. The SMILES string of the molecule is C/C(C(=O)O)=C1/C(=O)C[C@H]2[C@@]3(C)CCC(=O)C[C@@H]3CC[C@]12C. The van der Waals surface area contributed by atoms with Crippen molar-refractivity contribution in [2.75, 3.05) is 0 Å². The van der Waals surface area contributed by atoms with Crippen molar-refractivity contribution < 1.29 is 19.5 Å². The smallest absolute Gasteiger partial charge is 0.331 e. The number of rotatable bonds is 1. The summed E-state index contributed by atoms with van der Waals surface area (Å²) in [4.78, 5) is 35.8. The molecule has 0 aromatic heterocycles. The summed E-state index contributed by atoms with van der Waals surface area (Å²) in [6.45, 7) is 5.85. The molecule has 0 aromatic carbocycles. The molecule has 4 nitrogen and oxygen atoms in total. The van der Waals surface area contributed by atoms with Crippen molar-refractivity contribution in [3.8, 4) is 0 Å². The highest BCUT2D eigenvalue weighted by atomic mass is 16.4. The quantitative estimate of drug-likeness (QED) is 0.755. The highest BCUT2D eigenvalue weighted by molar-refractivity contribution is 6.06. The Morgan fingerprint density at radius 2 is 1.86 bits per heavy atom. The highest BCUT2D eigenvalue weighted by Gasteiger charge is 2.61. The number of carboxylic acids is 1. The first-order valence-corrected chi connectivity index (χ1v) is 8.19. The van der Waals surface area contributed by atoms with Crippen LogP contribution in [0.2, 0.25) is 0 Å². The molecule has 0 spiro atoms. The van der Waals surface area contributed by atoms with Crippen molar-refractivity contribution in [1.82, 2.24) is 0 Å². The summed E-state index contributed by atoms with van der Waals surface area (Å²) in [5, 5.41) is 9.34. The molecule has 0 heterocycles. The third kappa shape index (κ3) is 1.92. The van der Waals surface area contributed by atoms with E-state index in [1.807, 2.05) is 0 Å². The van der Waals surface area contributed by atoms with E-state index >= 15 is 0 Å². The molecular weight excluding hydrogens is 280 g/mol. The van der Waals surface area contributed by atoms with Crippen LogP contribution in [0, 0.1) is 22.7 Å². The van der Waals surface area contributed by atoms with Gasteiger partial charge in [0.2, 0.25) is 0 Å². The van der Waals surface area contributed by atoms with Gasteiger partial charge in [0, 0.05) is 35.8 Å². The zero-order valence-electron chi connectivity index (χ0n) is 13.6. The van der Waals surface area contributed by atoms with E-state index < -0.39 is 5.97 Å². The number of aliphatic carboxylic acids is 1. The van der Waals surface area contributed by atoms with Crippen LogP contribution in [0.4, 0.5) is 0 Å². The second-order valence-corrected chi connectivity index (χ2v) is 7.89. The Morgan fingerprint density at radius 3 is 2.50 bits per heavy atom. The van der Waals surface area contributed by atoms with Gasteiger partial charge in [-0.25, -0.2) is 4.79 Å². The number of fused-ring (bicyclic) bond motifs is 3. The fourth-order valence-corrected chi connectivity index (χ4v) is 5.60. The molecule has 120 valence electrons. The molecule has 0 aliphatic heterocycles. The Bertz CT molecular complexity index is 602. The lowest BCUT2D eigenvalue weighted by Gasteiger charge is -2.55. The molecule has 3 rings (SSSR count). The van der Waals surface area contributed by atoms with Gasteiger partial charge >= 0.3 is 5.97 Å². The van der Waals surface area contributed by atoms with Gasteiger partial charge in [0.15, 0.2) is 5.78 Å². The molecule has 3 saturated carbocycles. The minimum atomic E-state index is -0.990. The predicted octanol–water partition coefficient (Wildman–Crippen LogP) is 3.15. The van der Waals surface area contributed by atoms with Crippen molar-refractivity contribution in [1.29, 1.82) is 0 Å². The van der Waals surface area contributed by atoms with E-state index in [1.165, 1.54) is 0 Å². The maximum absolute atomic E-state index is 12.6. The van der Waals surface area contributed by atoms with E-state index in [0.29, 0.717) is 36.5 Å². The lowest BCUT2D eigenvalue weighted by molar-refractivity contribution is -0.133. The maximum atomic E-state index is 12.6. The van der Waals surface area contributed by atoms with Gasteiger partial charge in [-0.3, -0.25) is 9.59 Å². The van der Waals surface area contributed by atoms with Crippen LogP contribution in [0.5, 0.6) is 0 Å². The van der Waals surface area contributed by atoms with E-state index in [-0.39, 0.29) is 28.1 Å². The topological polar surface area (TPSA) is 71.4 Å². The van der Waals surface area contributed by atoms with Crippen LogP contribution < -0.4 is 0 Å². The first-order chi connectivity index (χ1) is 10.2. The Hall–Kier alpha value is -1.45. The van der Waals surface area contributed by atoms with E-state index in [2.05, 4.69) is 13.8 Å². The molecule has 0 saturated heterocycles. The number of carbonyl (C=O) groups is 3. The van der Waals surface area contributed by atoms with Gasteiger partial charge in [0.1, 0.15) is 5.78 Å². The summed E-state index contributed by atoms with van der Waals surface area (Å²) in [7, 11) is 0. The van der Waals surface area contributed by atoms with Crippen LogP contribution in [0.15, 0.2) is 11.1 Å². The fourth-order valence-electron chi connectivity index (χ4n) is 5.60. The third-order valence-electron chi connectivity index (χ3n) is 6.86. The van der Waals surface area contributed by atoms with Gasteiger partial charge in [-0.1, -0.05) is 13.8 Å². The lowest BCUT2D eigenvalue weighted by Crippen LogP contribution is -2.49. The van der Waals surface area contributed by atoms with Gasteiger partial charge in [-0.05, 0) is 43.4 Å². The number of hydrogen-bond donors (Lipinski definition) is 1. The number of Topliss-reactive ketones (excluding diaryl/α,β-unsaturated/α-hetero) is 2. The standard InChI is InChI=1S/C18H24O4/c1-10(16(21)22)15-13(20)9-14-17(2)7-5-12(19)8-11(17)4-6-18(14,15)3/h11,14H,4-9H2,1-3H3,(H,21,22)/b15-10+/t11-,14-,17-,18-/m0/s1. The summed E-state index contributed by atoms with van der Waals surface area (Å²) in [6, 6.07) is 0. The molecule has 0 aromatic rings. The maximum Gasteiger partial charge on any atom is 0.331 e. The molecule has 3 aliphatic rings. The third-order valence-corrected chi connectivity index (χ3v) is 6.86. The zero-order chi connectivity index (χ0) is 16.3. The number of hydrogen-bond acceptors (Lipinski definition) is 3. The normalized spacial score (nSPS) is 43.6. The molecule has 3 aliphatic carbocycles. The summed E-state index contributed by atoms with van der Waals surface area (Å²) in [5.74, 6) is -0.122. The van der Waals surface area contributed by atoms with Crippen molar-refractivity contribution in [2.24, 2.45) is 22.7 Å². The minimum Gasteiger partial charge on any atom is -0.478 e. The average Bonchev–Trinajstić information content (AvgIpc) is 2.71. The monoisotopic (exact) mass is 304 g/mol. The summed E-state index contributed by atoms with van der Waals surface area (Å²) >= 11 is 0. The first kappa shape index (κ1) is 15.4. The Kier molecular flexibility index (Phi) is 3.35. The van der Waals surface area contributed by atoms with Crippen LogP contribution in [0.3, 0.4) is 0 Å². The molecule has 0 bridgehead atoms. The van der Waals surface area contributed by atoms with Crippen molar-refractivity contribution >= 4 is 17.5 Å². The summed E-state index contributed by atoms with van der Waals surface area (Å²) < 4.78 is 0. The lowest BCUT2D eigenvalue weighted by atomic mass is 9.48. The number of carbonyl (C=O) groups excluding carboxylic acids is 2. The molecule has 0 amide bonds. The average molecular weight is 304 g/mol. The van der Waals surface area contributed by atoms with Crippen molar-refractivity contribution in [3.05, 3.63) is 11.1 Å². The molecule has 0 unspecified atom stereocenters. The zero-order valence-corrected chi connectivity index (χ0v) is 13.6. The molecule has 3 fully saturated rings. The Labute approximate surface area is 131 Å². The molecule has 1 N–H and O–H groups in total. The van der Waals surface area contributed by atoms with Crippen LogP contribution in [0.1, 0.15) is 59.3 Å². The van der Waals surface area contributed by atoms with Gasteiger partial charge in [-0.15, -0.1) is 0 Å². The second kappa shape index (κ2) is 4.77. The number of carboxylic acid groups (broad SMARTS) is 1. The molecule has 4 atom stereocenters. The first-order valence-electron chi connectivity index (χ1n) is 8.19. The second-order valence-electron chi connectivity index (χ2n) is 7.89. The van der Waals surface area contributed by atoms with Crippen molar-refractivity contribution in [3.63, 3.8) is 0 Å². The van der Waals surface area contributed by atoms with Crippen LogP contribution in [0.25, 0.3) is 0 Å². The molecule has 4 heteroatoms. The number of ketones is 2. The fraction of sp³-hybridized carbons (Fsp3) is 0.722.